The van der Waals surface area contributed by atoms with E-state index in [1.54, 1.807) is 11.7 Å². The molecule has 1 aromatic heterocycles. The van der Waals surface area contributed by atoms with Crippen molar-refractivity contribution < 1.29 is 14.6 Å². The Morgan fingerprint density at radius 1 is 1.85 bits per heavy atom. The predicted molar refractivity (Wildman–Crippen MR) is 45.8 cm³/mol. The zero-order valence-corrected chi connectivity index (χ0v) is 7.60. The van der Waals surface area contributed by atoms with Crippen LogP contribution in [0, 0.1) is 0 Å². The van der Waals surface area contributed by atoms with Crippen LogP contribution in [0.5, 0.6) is 0 Å². The van der Waals surface area contributed by atoms with E-state index in [-0.39, 0.29) is 11.7 Å². The summed E-state index contributed by atoms with van der Waals surface area (Å²) in [6.07, 6.45) is 2.99. The summed E-state index contributed by atoms with van der Waals surface area (Å²) in [5.74, 6) is -1.01. The Hall–Kier alpha value is -1.36. The quantitative estimate of drug-likeness (QED) is 0.751. The largest absolute Gasteiger partial charge is 0.476 e. The molecular formula is C8H12N2O3. The summed E-state index contributed by atoms with van der Waals surface area (Å²) in [7, 11) is 1.60. The van der Waals surface area contributed by atoms with Gasteiger partial charge in [0.1, 0.15) is 0 Å². The first-order valence-electron chi connectivity index (χ1n) is 3.91. The monoisotopic (exact) mass is 184 g/mol. The van der Waals surface area contributed by atoms with Crippen LogP contribution in [0.4, 0.5) is 0 Å². The van der Waals surface area contributed by atoms with Gasteiger partial charge in [-0.1, -0.05) is 0 Å². The molecule has 0 amide bonds. The number of rotatable bonds is 4. The highest BCUT2D eigenvalue weighted by Gasteiger charge is 2.09. The van der Waals surface area contributed by atoms with Gasteiger partial charge in [-0.25, -0.2) is 9.78 Å². The molecule has 0 bridgehead atoms. The van der Waals surface area contributed by atoms with E-state index >= 15 is 0 Å². The van der Waals surface area contributed by atoms with Crippen LogP contribution in [-0.2, 0) is 4.74 Å². The van der Waals surface area contributed by atoms with E-state index in [0.29, 0.717) is 6.61 Å². The maximum absolute atomic E-state index is 10.5. The molecule has 1 aromatic rings. The number of aromatic nitrogens is 2. The van der Waals surface area contributed by atoms with Crippen molar-refractivity contribution in [1.29, 1.82) is 0 Å². The minimum absolute atomic E-state index is 0.0583. The number of nitrogens with zero attached hydrogens (tertiary/aromatic N) is 2. The van der Waals surface area contributed by atoms with Gasteiger partial charge in [-0.3, -0.25) is 0 Å². The molecule has 1 heterocycles. The van der Waals surface area contributed by atoms with Crippen molar-refractivity contribution in [2.75, 3.05) is 13.7 Å². The number of carboxylic acids is 1. The summed E-state index contributed by atoms with van der Waals surface area (Å²) >= 11 is 0. The second kappa shape index (κ2) is 4.04. The molecule has 1 rings (SSSR count). The Morgan fingerprint density at radius 3 is 3.00 bits per heavy atom. The van der Waals surface area contributed by atoms with Crippen molar-refractivity contribution in [1.82, 2.24) is 9.55 Å². The lowest BCUT2D eigenvalue weighted by atomic mass is 10.3. The molecule has 0 saturated heterocycles. The summed E-state index contributed by atoms with van der Waals surface area (Å²) in [4.78, 5) is 14.2. The number of methoxy groups -OCH3 is 1. The van der Waals surface area contributed by atoms with Crippen LogP contribution >= 0.6 is 0 Å². The van der Waals surface area contributed by atoms with E-state index in [1.807, 2.05) is 6.92 Å². The molecule has 0 aromatic carbocycles. The van der Waals surface area contributed by atoms with Crippen LogP contribution in [0.2, 0.25) is 0 Å². The number of hydrogen-bond acceptors (Lipinski definition) is 3. The van der Waals surface area contributed by atoms with Crippen molar-refractivity contribution >= 4 is 5.97 Å². The third kappa shape index (κ3) is 2.29. The zero-order chi connectivity index (χ0) is 9.84. The minimum atomic E-state index is -1.01. The highest BCUT2D eigenvalue weighted by molar-refractivity contribution is 5.84. The number of carbonyl (C=O) groups is 1. The first-order chi connectivity index (χ1) is 6.15. The van der Waals surface area contributed by atoms with Gasteiger partial charge in [0.25, 0.3) is 0 Å². The smallest absolute Gasteiger partial charge is 0.356 e. The van der Waals surface area contributed by atoms with Crippen molar-refractivity contribution in [3.05, 3.63) is 18.2 Å². The van der Waals surface area contributed by atoms with Crippen LogP contribution in [0.3, 0.4) is 0 Å². The topological polar surface area (TPSA) is 64.4 Å². The van der Waals surface area contributed by atoms with Gasteiger partial charge in [-0.05, 0) is 6.92 Å². The van der Waals surface area contributed by atoms with Crippen LogP contribution in [0.15, 0.2) is 12.5 Å². The maximum atomic E-state index is 10.5. The van der Waals surface area contributed by atoms with Crippen molar-refractivity contribution in [3.8, 4) is 0 Å². The second-order valence-electron chi connectivity index (χ2n) is 2.82. The van der Waals surface area contributed by atoms with Gasteiger partial charge in [0.05, 0.1) is 19.0 Å². The third-order valence-corrected chi connectivity index (χ3v) is 1.74. The van der Waals surface area contributed by atoms with Crippen LogP contribution in [0.1, 0.15) is 23.5 Å². The van der Waals surface area contributed by atoms with Crippen LogP contribution < -0.4 is 0 Å². The van der Waals surface area contributed by atoms with Gasteiger partial charge in [0, 0.05) is 13.3 Å². The Kier molecular flexibility index (Phi) is 3.02. The lowest BCUT2D eigenvalue weighted by Gasteiger charge is -2.10. The Balaban J connectivity index is 2.73. The summed E-state index contributed by atoms with van der Waals surface area (Å²) in [5, 5.41) is 8.60. The fraction of sp³-hybridized carbons (Fsp3) is 0.500. The summed E-state index contributed by atoms with van der Waals surface area (Å²) in [6.45, 7) is 2.46. The van der Waals surface area contributed by atoms with E-state index < -0.39 is 5.97 Å². The Morgan fingerprint density at radius 2 is 2.54 bits per heavy atom. The number of carboxylic acid groups (broad SMARTS) is 1. The van der Waals surface area contributed by atoms with Crippen molar-refractivity contribution in [3.63, 3.8) is 0 Å². The van der Waals surface area contributed by atoms with Gasteiger partial charge < -0.3 is 14.4 Å². The molecule has 0 aliphatic carbocycles. The molecule has 13 heavy (non-hydrogen) atoms. The standard InChI is InChI=1S/C8H12N2O3/c1-6(4-13-2)10-3-7(8(11)12)9-5-10/h3,5-6H,4H2,1-2H3,(H,11,12)/t6-/m1/s1. The van der Waals surface area contributed by atoms with E-state index in [2.05, 4.69) is 4.98 Å². The van der Waals surface area contributed by atoms with E-state index in [0.717, 1.165) is 0 Å². The molecule has 0 aliphatic rings. The van der Waals surface area contributed by atoms with Gasteiger partial charge in [-0.15, -0.1) is 0 Å². The Labute approximate surface area is 76.0 Å². The highest BCUT2D eigenvalue weighted by Crippen LogP contribution is 2.06. The molecular weight excluding hydrogens is 172 g/mol. The van der Waals surface area contributed by atoms with Gasteiger partial charge in [0.15, 0.2) is 5.69 Å². The molecule has 1 N–H and O–H groups in total. The average molecular weight is 184 g/mol. The van der Waals surface area contributed by atoms with E-state index in [1.165, 1.54) is 12.5 Å². The van der Waals surface area contributed by atoms with Gasteiger partial charge in [0.2, 0.25) is 0 Å². The first kappa shape index (κ1) is 9.73. The van der Waals surface area contributed by atoms with Gasteiger partial charge >= 0.3 is 5.97 Å². The third-order valence-electron chi connectivity index (χ3n) is 1.74. The average Bonchev–Trinajstić information content (AvgIpc) is 2.52. The van der Waals surface area contributed by atoms with E-state index in [9.17, 15) is 4.79 Å². The molecule has 72 valence electrons. The summed E-state index contributed by atoms with van der Waals surface area (Å²) in [6, 6.07) is 0.102. The summed E-state index contributed by atoms with van der Waals surface area (Å²) in [5.41, 5.74) is 0.0583. The molecule has 0 fully saturated rings. The molecule has 1 atom stereocenters. The normalized spacial score (nSPS) is 12.8. The minimum Gasteiger partial charge on any atom is -0.476 e. The predicted octanol–water partition coefficient (Wildman–Crippen LogP) is 0.789. The summed E-state index contributed by atoms with van der Waals surface area (Å²) < 4.78 is 6.65. The SMILES string of the molecule is COC[C@@H](C)n1cnc(C(=O)O)c1. The first-order valence-corrected chi connectivity index (χ1v) is 3.91. The second-order valence-corrected chi connectivity index (χ2v) is 2.82. The molecule has 5 heteroatoms. The molecule has 0 spiro atoms. The van der Waals surface area contributed by atoms with Crippen molar-refractivity contribution in [2.24, 2.45) is 0 Å². The van der Waals surface area contributed by atoms with Gasteiger partial charge in [-0.2, -0.15) is 0 Å². The van der Waals surface area contributed by atoms with Crippen LogP contribution in [-0.4, -0.2) is 34.3 Å². The van der Waals surface area contributed by atoms with Crippen LogP contribution in [0.25, 0.3) is 0 Å². The lowest BCUT2D eigenvalue weighted by Crippen LogP contribution is -2.09. The fourth-order valence-corrected chi connectivity index (χ4v) is 1.02. The number of imidazole rings is 1. The molecule has 0 radical (unpaired) electrons. The number of ether oxygens (including phenoxy) is 1. The Bertz CT molecular complexity index is 295. The van der Waals surface area contributed by atoms with Crippen molar-refractivity contribution in [2.45, 2.75) is 13.0 Å². The molecule has 0 unspecified atom stereocenters. The fourth-order valence-electron chi connectivity index (χ4n) is 1.02. The van der Waals surface area contributed by atoms with E-state index in [4.69, 9.17) is 9.84 Å². The molecule has 0 aliphatic heterocycles. The molecule has 5 nitrogen and oxygen atoms in total. The lowest BCUT2D eigenvalue weighted by molar-refractivity contribution is 0.0690. The number of aromatic carboxylic acids is 1. The number of hydrogen-bond donors (Lipinski definition) is 1. The zero-order valence-electron chi connectivity index (χ0n) is 7.60. The highest BCUT2D eigenvalue weighted by atomic mass is 16.5. The molecule has 0 saturated carbocycles. The maximum Gasteiger partial charge on any atom is 0.356 e.